The molecule has 2 rings (SSSR count). The number of carbonyl (C=O) groups excluding carboxylic acids is 1. The molecule has 0 radical (unpaired) electrons. The molecule has 1 amide bonds. The van der Waals surface area contributed by atoms with Crippen LogP contribution in [0.25, 0.3) is 0 Å². The molecule has 2 saturated heterocycles. The third-order valence-corrected chi connectivity index (χ3v) is 5.95. The normalized spacial score (nSPS) is 26.2. The zero-order chi connectivity index (χ0) is 20.2. The molecule has 6 nitrogen and oxygen atoms in total. The van der Waals surface area contributed by atoms with Gasteiger partial charge in [-0.1, -0.05) is 38.3 Å². The maximum Gasteiger partial charge on any atom is 0.303 e. The van der Waals surface area contributed by atoms with Crippen LogP contribution >= 0.6 is 0 Å². The third kappa shape index (κ3) is 7.92. The molecule has 2 heterocycles. The molecule has 2 aliphatic rings. The summed E-state index contributed by atoms with van der Waals surface area (Å²) in [5, 5.41) is 15.0. The van der Waals surface area contributed by atoms with E-state index in [-0.39, 0.29) is 18.4 Å². The van der Waals surface area contributed by atoms with E-state index >= 15 is 0 Å². The second kappa shape index (κ2) is 12.9. The number of aliphatic carboxylic acids is 1. The zero-order valence-corrected chi connectivity index (χ0v) is 17.3. The standard InChI is InChI=1S/C22H38N2O4/c1-2-3-4-9-14-23-16-21(25)24-15-18-17(19-12-13-20(18)28-19)10-7-5-6-8-11-22(26)27/h5,7,17-20,23H,2-4,6,8-16H2,1H3,(H,24,25)(H,26,27)/t17-,18+,19-,20+/m1/s1. The Morgan fingerprint density at radius 1 is 1.07 bits per heavy atom. The van der Waals surface area contributed by atoms with Crippen LogP contribution in [-0.4, -0.2) is 48.8 Å². The van der Waals surface area contributed by atoms with Crippen LogP contribution in [0.15, 0.2) is 12.2 Å². The molecule has 2 aliphatic heterocycles. The average molecular weight is 395 g/mol. The number of hydrogen-bond donors (Lipinski definition) is 3. The van der Waals surface area contributed by atoms with Gasteiger partial charge < -0.3 is 20.5 Å². The quantitative estimate of drug-likeness (QED) is 0.293. The molecular formula is C22H38N2O4. The fourth-order valence-electron chi connectivity index (χ4n) is 4.40. The monoisotopic (exact) mass is 394 g/mol. The Balaban J connectivity index is 1.64. The number of carboxylic acids is 1. The van der Waals surface area contributed by atoms with Crippen LogP contribution < -0.4 is 10.6 Å². The maximum absolute atomic E-state index is 12.1. The molecule has 160 valence electrons. The van der Waals surface area contributed by atoms with E-state index in [0.29, 0.717) is 37.5 Å². The SMILES string of the molecule is CCCCCCNCC(=O)NC[C@H]1[C@@H](CC=CCCCC(=O)O)[C@H]2CC[C@@H]1O2. The second-order valence-corrected chi connectivity index (χ2v) is 8.15. The molecule has 0 aromatic carbocycles. The minimum absolute atomic E-state index is 0.0706. The zero-order valence-electron chi connectivity index (χ0n) is 17.3. The first kappa shape index (κ1) is 22.9. The highest BCUT2D eigenvalue weighted by molar-refractivity contribution is 5.77. The summed E-state index contributed by atoms with van der Waals surface area (Å²) >= 11 is 0. The van der Waals surface area contributed by atoms with Crippen LogP contribution in [0.2, 0.25) is 0 Å². The molecule has 0 aromatic heterocycles. The Kier molecular flexibility index (Phi) is 10.6. The lowest BCUT2D eigenvalue weighted by atomic mass is 9.77. The summed E-state index contributed by atoms with van der Waals surface area (Å²) in [5.74, 6) is 0.176. The molecule has 0 spiro atoms. The van der Waals surface area contributed by atoms with Crippen molar-refractivity contribution < 1.29 is 19.4 Å². The highest BCUT2D eigenvalue weighted by atomic mass is 16.5. The van der Waals surface area contributed by atoms with Gasteiger partial charge in [0.2, 0.25) is 5.91 Å². The van der Waals surface area contributed by atoms with Gasteiger partial charge in [-0.15, -0.1) is 0 Å². The first-order valence-electron chi connectivity index (χ1n) is 11.1. The number of carboxylic acid groups (broad SMARTS) is 1. The minimum Gasteiger partial charge on any atom is -0.481 e. The molecule has 28 heavy (non-hydrogen) atoms. The number of ether oxygens (including phenoxy) is 1. The summed E-state index contributed by atoms with van der Waals surface area (Å²) in [6, 6.07) is 0. The summed E-state index contributed by atoms with van der Waals surface area (Å²) in [7, 11) is 0. The number of rotatable bonds is 15. The Bertz CT molecular complexity index is 509. The summed E-state index contributed by atoms with van der Waals surface area (Å²) in [5.41, 5.74) is 0. The first-order chi connectivity index (χ1) is 13.6. The van der Waals surface area contributed by atoms with Crippen molar-refractivity contribution in [3.05, 3.63) is 12.2 Å². The van der Waals surface area contributed by atoms with Crippen LogP contribution in [0.1, 0.15) is 71.1 Å². The third-order valence-electron chi connectivity index (χ3n) is 5.95. The van der Waals surface area contributed by atoms with Gasteiger partial charge in [-0.25, -0.2) is 0 Å². The van der Waals surface area contributed by atoms with Gasteiger partial charge in [0.15, 0.2) is 0 Å². The number of unbranched alkanes of at least 4 members (excludes halogenated alkanes) is 4. The lowest BCUT2D eigenvalue weighted by Gasteiger charge is -2.27. The number of hydrogen-bond acceptors (Lipinski definition) is 4. The van der Waals surface area contributed by atoms with Gasteiger partial charge in [-0.2, -0.15) is 0 Å². The van der Waals surface area contributed by atoms with Crippen molar-refractivity contribution >= 4 is 11.9 Å². The minimum atomic E-state index is -0.735. The van der Waals surface area contributed by atoms with Crippen molar-refractivity contribution in [2.45, 2.75) is 83.3 Å². The van der Waals surface area contributed by atoms with E-state index in [1.807, 2.05) is 0 Å². The number of nitrogens with one attached hydrogen (secondary N) is 2. The molecule has 6 heteroatoms. The Morgan fingerprint density at radius 3 is 2.61 bits per heavy atom. The van der Waals surface area contributed by atoms with Gasteiger partial charge in [-0.05, 0) is 51.0 Å². The van der Waals surface area contributed by atoms with Gasteiger partial charge in [0.25, 0.3) is 0 Å². The Labute approximate surface area is 169 Å². The summed E-state index contributed by atoms with van der Waals surface area (Å²) < 4.78 is 6.10. The fraction of sp³-hybridized carbons (Fsp3) is 0.818. The van der Waals surface area contributed by atoms with Crippen LogP contribution in [0.5, 0.6) is 0 Å². The average Bonchev–Trinajstić information content (AvgIpc) is 3.27. The fourth-order valence-corrected chi connectivity index (χ4v) is 4.40. The van der Waals surface area contributed by atoms with E-state index in [9.17, 15) is 9.59 Å². The molecule has 4 atom stereocenters. The summed E-state index contributed by atoms with van der Waals surface area (Å²) in [4.78, 5) is 22.7. The van der Waals surface area contributed by atoms with Gasteiger partial charge in [0.05, 0.1) is 18.8 Å². The van der Waals surface area contributed by atoms with E-state index < -0.39 is 5.97 Å². The van der Waals surface area contributed by atoms with Crippen molar-refractivity contribution in [2.24, 2.45) is 11.8 Å². The molecule has 0 unspecified atom stereocenters. The van der Waals surface area contributed by atoms with Crippen LogP contribution in [0.4, 0.5) is 0 Å². The van der Waals surface area contributed by atoms with Crippen molar-refractivity contribution in [1.29, 1.82) is 0 Å². The molecular weight excluding hydrogens is 356 g/mol. The van der Waals surface area contributed by atoms with Crippen molar-refractivity contribution in [1.82, 2.24) is 10.6 Å². The number of fused-ring (bicyclic) bond motifs is 2. The first-order valence-corrected chi connectivity index (χ1v) is 11.1. The lowest BCUT2D eigenvalue weighted by Crippen LogP contribution is -2.41. The molecule has 0 aliphatic carbocycles. The van der Waals surface area contributed by atoms with Crippen molar-refractivity contribution in [2.75, 3.05) is 19.6 Å². The van der Waals surface area contributed by atoms with E-state index in [2.05, 4.69) is 29.7 Å². The highest BCUT2D eigenvalue weighted by Crippen LogP contribution is 2.44. The predicted octanol–water partition coefficient (Wildman–Crippen LogP) is 3.27. The molecule has 3 N–H and O–H groups in total. The second-order valence-electron chi connectivity index (χ2n) is 8.15. The highest BCUT2D eigenvalue weighted by Gasteiger charge is 2.47. The topological polar surface area (TPSA) is 87.7 Å². The molecule has 2 bridgehead atoms. The van der Waals surface area contributed by atoms with E-state index in [1.165, 1.54) is 19.3 Å². The van der Waals surface area contributed by atoms with E-state index in [4.69, 9.17) is 9.84 Å². The van der Waals surface area contributed by atoms with Gasteiger partial charge in [0, 0.05) is 18.9 Å². The van der Waals surface area contributed by atoms with E-state index in [0.717, 1.165) is 38.6 Å². The van der Waals surface area contributed by atoms with Crippen molar-refractivity contribution in [3.63, 3.8) is 0 Å². The molecule has 2 fully saturated rings. The van der Waals surface area contributed by atoms with Crippen LogP contribution in [0.3, 0.4) is 0 Å². The van der Waals surface area contributed by atoms with Crippen molar-refractivity contribution in [3.8, 4) is 0 Å². The number of carbonyl (C=O) groups is 2. The summed E-state index contributed by atoms with van der Waals surface area (Å²) in [6.07, 6.45) is 14.6. The number of allylic oxidation sites excluding steroid dienone is 2. The molecule has 0 saturated carbocycles. The summed E-state index contributed by atoms with van der Waals surface area (Å²) in [6.45, 7) is 4.18. The smallest absolute Gasteiger partial charge is 0.303 e. The molecule has 0 aromatic rings. The van der Waals surface area contributed by atoms with Crippen LogP contribution in [-0.2, 0) is 14.3 Å². The van der Waals surface area contributed by atoms with Crippen LogP contribution in [0, 0.1) is 11.8 Å². The van der Waals surface area contributed by atoms with Gasteiger partial charge in [0.1, 0.15) is 0 Å². The Morgan fingerprint density at radius 2 is 1.86 bits per heavy atom. The van der Waals surface area contributed by atoms with Gasteiger partial charge in [-0.3, -0.25) is 9.59 Å². The lowest BCUT2D eigenvalue weighted by molar-refractivity contribution is -0.137. The number of amides is 1. The largest absolute Gasteiger partial charge is 0.481 e. The predicted molar refractivity (Wildman–Crippen MR) is 110 cm³/mol. The Hall–Kier alpha value is -1.40. The maximum atomic E-state index is 12.1. The van der Waals surface area contributed by atoms with Gasteiger partial charge >= 0.3 is 5.97 Å². The van der Waals surface area contributed by atoms with E-state index in [1.54, 1.807) is 0 Å².